The normalized spacial score (nSPS) is 10.8. The van der Waals surface area contributed by atoms with Crippen molar-refractivity contribution in [2.45, 2.75) is 27.4 Å². The molecule has 1 N–H and O–H groups in total. The van der Waals surface area contributed by atoms with Crippen LogP contribution in [0.25, 0.3) is 6.08 Å². The Balaban J connectivity index is 1.62. The number of rotatable bonds is 9. The largest absolute Gasteiger partial charge is 0.494 e. The molecule has 0 bridgehead atoms. The van der Waals surface area contributed by atoms with Crippen LogP contribution in [-0.2, 0) is 11.4 Å². The number of ether oxygens (including phenoxy) is 3. The number of nitrogens with one attached hydrogen (secondary N) is 1. The molecule has 2 aromatic carbocycles. The van der Waals surface area contributed by atoms with Gasteiger partial charge >= 0.3 is 0 Å². The first kappa shape index (κ1) is 22.0. The van der Waals surface area contributed by atoms with E-state index >= 15 is 0 Å². The van der Waals surface area contributed by atoms with Crippen LogP contribution in [0.4, 0.5) is 5.69 Å². The molecular formula is C24H26N2O5. The molecule has 1 heterocycles. The predicted octanol–water partition coefficient (Wildman–Crippen LogP) is 4.93. The Hall–Kier alpha value is -3.74. The van der Waals surface area contributed by atoms with Crippen molar-refractivity contribution in [1.29, 1.82) is 0 Å². The third-order valence-corrected chi connectivity index (χ3v) is 4.60. The van der Waals surface area contributed by atoms with Gasteiger partial charge in [-0.2, -0.15) is 0 Å². The quantitative estimate of drug-likeness (QED) is 0.493. The van der Waals surface area contributed by atoms with E-state index in [-0.39, 0.29) is 5.91 Å². The van der Waals surface area contributed by atoms with E-state index in [0.717, 1.165) is 28.3 Å². The van der Waals surface area contributed by atoms with Gasteiger partial charge in [0.05, 0.1) is 25.0 Å². The molecule has 1 aromatic heterocycles. The first-order chi connectivity index (χ1) is 15.0. The summed E-state index contributed by atoms with van der Waals surface area (Å²) >= 11 is 0. The van der Waals surface area contributed by atoms with Gasteiger partial charge in [0, 0.05) is 11.8 Å². The van der Waals surface area contributed by atoms with Gasteiger partial charge in [-0.15, -0.1) is 0 Å². The molecule has 0 saturated carbocycles. The van der Waals surface area contributed by atoms with Crippen LogP contribution in [0.3, 0.4) is 0 Å². The van der Waals surface area contributed by atoms with Gasteiger partial charge < -0.3 is 24.1 Å². The number of aromatic nitrogens is 1. The number of benzene rings is 2. The van der Waals surface area contributed by atoms with Crippen LogP contribution in [0, 0.1) is 13.8 Å². The van der Waals surface area contributed by atoms with Crippen molar-refractivity contribution >= 4 is 17.7 Å². The van der Waals surface area contributed by atoms with Crippen molar-refractivity contribution in [2.24, 2.45) is 0 Å². The summed E-state index contributed by atoms with van der Waals surface area (Å²) in [6, 6.07) is 12.7. The zero-order valence-corrected chi connectivity index (χ0v) is 18.1. The molecule has 31 heavy (non-hydrogen) atoms. The van der Waals surface area contributed by atoms with Gasteiger partial charge in [-0.3, -0.25) is 4.79 Å². The minimum atomic E-state index is -0.234. The van der Waals surface area contributed by atoms with Crippen LogP contribution in [-0.4, -0.2) is 24.8 Å². The van der Waals surface area contributed by atoms with Crippen LogP contribution < -0.4 is 19.5 Å². The van der Waals surface area contributed by atoms with Crippen molar-refractivity contribution in [3.63, 3.8) is 0 Å². The predicted molar refractivity (Wildman–Crippen MR) is 119 cm³/mol. The molecule has 0 spiro atoms. The molecule has 7 nitrogen and oxygen atoms in total. The maximum Gasteiger partial charge on any atom is 0.248 e. The third kappa shape index (κ3) is 5.88. The third-order valence-electron chi connectivity index (χ3n) is 4.60. The highest BCUT2D eigenvalue weighted by molar-refractivity contribution is 6.01. The second-order valence-electron chi connectivity index (χ2n) is 6.78. The van der Waals surface area contributed by atoms with Crippen molar-refractivity contribution in [2.75, 3.05) is 19.0 Å². The summed E-state index contributed by atoms with van der Waals surface area (Å²) < 4.78 is 21.9. The number of anilines is 1. The van der Waals surface area contributed by atoms with E-state index in [4.69, 9.17) is 18.7 Å². The monoisotopic (exact) mass is 422 g/mol. The Morgan fingerprint density at radius 3 is 2.52 bits per heavy atom. The topological polar surface area (TPSA) is 82.8 Å². The number of carbonyl (C=O) groups excluding carboxylic acids is 1. The summed E-state index contributed by atoms with van der Waals surface area (Å²) in [5, 5.41) is 6.74. The minimum absolute atomic E-state index is 0.234. The Labute approximate surface area is 181 Å². The number of amides is 1. The zero-order chi connectivity index (χ0) is 22.2. The number of nitrogens with zero attached hydrogens (tertiary/aromatic N) is 1. The molecule has 3 rings (SSSR count). The molecule has 0 atom stereocenters. The van der Waals surface area contributed by atoms with Crippen LogP contribution in [0.1, 0.15) is 29.5 Å². The number of hydrogen-bond donors (Lipinski definition) is 1. The van der Waals surface area contributed by atoms with E-state index in [1.165, 1.54) is 6.08 Å². The van der Waals surface area contributed by atoms with Gasteiger partial charge in [0.25, 0.3) is 0 Å². The summed E-state index contributed by atoms with van der Waals surface area (Å²) in [6.07, 6.45) is 3.18. The molecule has 0 aliphatic carbocycles. The number of aryl methyl sites for hydroxylation is 2. The molecule has 1 amide bonds. The molecule has 0 radical (unpaired) electrons. The van der Waals surface area contributed by atoms with Gasteiger partial charge in [-0.05, 0) is 68.8 Å². The van der Waals surface area contributed by atoms with E-state index in [2.05, 4.69) is 10.5 Å². The lowest BCUT2D eigenvalue weighted by molar-refractivity contribution is -0.111. The van der Waals surface area contributed by atoms with Gasteiger partial charge in [0.2, 0.25) is 5.91 Å². The molecule has 0 fully saturated rings. The van der Waals surface area contributed by atoms with E-state index in [9.17, 15) is 4.79 Å². The van der Waals surface area contributed by atoms with Crippen molar-refractivity contribution < 1.29 is 23.5 Å². The first-order valence-corrected chi connectivity index (χ1v) is 9.94. The van der Waals surface area contributed by atoms with E-state index < -0.39 is 0 Å². The van der Waals surface area contributed by atoms with Crippen LogP contribution in [0.2, 0.25) is 0 Å². The number of methoxy groups -OCH3 is 1. The standard InChI is InChI=1S/C24H26N2O5/c1-5-29-20-10-8-19(9-11-20)25-24(27)13-7-18-6-12-22(23(14-18)28-4)30-15-21-16(2)26-31-17(21)3/h6-14H,5,15H2,1-4H3,(H,25,27)/b13-7+. The Morgan fingerprint density at radius 1 is 1.10 bits per heavy atom. The van der Waals surface area contributed by atoms with Crippen LogP contribution in [0.5, 0.6) is 17.2 Å². The summed E-state index contributed by atoms with van der Waals surface area (Å²) in [7, 11) is 1.57. The van der Waals surface area contributed by atoms with Crippen molar-refractivity contribution in [1.82, 2.24) is 5.16 Å². The van der Waals surface area contributed by atoms with Gasteiger partial charge in [-0.1, -0.05) is 11.2 Å². The molecule has 162 valence electrons. The van der Waals surface area contributed by atoms with Crippen LogP contribution >= 0.6 is 0 Å². The van der Waals surface area contributed by atoms with Crippen molar-refractivity contribution in [3.8, 4) is 17.2 Å². The molecular weight excluding hydrogens is 396 g/mol. The second-order valence-corrected chi connectivity index (χ2v) is 6.78. The second kappa shape index (κ2) is 10.3. The maximum absolute atomic E-state index is 12.2. The highest BCUT2D eigenvalue weighted by Gasteiger charge is 2.12. The summed E-state index contributed by atoms with van der Waals surface area (Å²) in [6.45, 7) is 6.58. The van der Waals surface area contributed by atoms with Gasteiger partial charge in [-0.25, -0.2) is 0 Å². The first-order valence-electron chi connectivity index (χ1n) is 9.94. The number of carbonyl (C=O) groups is 1. The molecule has 0 saturated heterocycles. The molecule has 0 aliphatic rings. The van der Waals surface area contributed by atoms with E-state index in [1.54, 1.807) is 31.4 Å². The molecule has 0 aliphatic heterocycles. The molecule has 0 unspecified atom stereocenters. The molecule has 7 heteroatoms. The summed E-state index contributed by atoms with van der Waals surface area (Å²) in [4.78, 5) is 12.2. The summed E-state index contributed by atoms with van der Waals surface area (Å²) in [5.74, 6) is 2.43. The fourth-order valence-electron chi connectivity index (χ4n) is 2.92. The fourth-order valence-corrected chi connectivity index (χ4v) is 2.92. The fraction of sp³-hybridized carbons (Fsp3) is 0.250. The van der Waals surface area contributed by atoms with Gasteiger partial charge in [0.1, 0.15) is 18.1 Å². The Kier molecular flexibility index (Phi) is 7.32. The lowest BCUT2D eigenvalue weighted by Gasteiger charge is -2.11. The average Bonchev–Trinajstić information content (AvgIpc) is 3.10. The minimum Gasteiger partial charge on any atom is -0.494 e. The van der Waals surface area contributed by atoms with E-state index in [1.807, 2.05) is 45.0 Å². The Bertz CT molecular complexity index is 1030. The van der Waals surface area contributed by atoms with Crippen LogP contribution in [0.15, 0.2) is 53.1 Å². The van der Waals surface area contributed by atoms with Gasteiger partial charge in [0.15, 0.2) is 11.5 Å². The average molecular weight is 422 g/mol. The van der Waals surface area contributed by atoms with E-state index in [0.29, 0.717) is 30.4 Å². The molecule has 3 aromatic rings. The highest BCUT2D eigenvalue weighted by atomic mass is 16.5. The Morgan fingerprint density at radius 2 is 1.87 bits per heavy atom. The number of hydrogen-bond acceptors (Lipinski definition) is 6. The lowest BCUT2D eigenvalue weighted by Crippen LogP contribution is -2.07. The zero-order valence-electron chi connectivity index (χ0n) is 18.1. The highest BCUT2D eigenvalue weighted by Crippen LogP contribution is 2.30. The lowest BCUT2D eigenvalue weighted by atomic mass is 10.1. The smallest absolute Gasteiger partial charge is 0.248 e. The maximum atomic E-state index is 12.2. The van der Waals surface area contributed by atoms with Crippen molar-refractivity contribution in [3.05, 3.63) is 71.1 Å². The summed E-state index contributed by atoms with van der Waals surface area (Å²) in [5.41, 5.74) is 3.22. The SMILES string of the molecule is CCOc1ccc(NC(=O)/C=C/c2ccc(OCc3c(C)noc3C)c(OC)c2)cc1.